The summed E-state index contributed by atoms with van der Waals surface area (Å²) in [6.07, 6.45) is 4.60. The second kappa shape index (κ2) is 19.9. The highest BCUT2D eigenvalue weighted by atomic mass is 16.7. The van der Waals surface area contributed by atoms with Crippen LogP contribution in [0.5, 0.6) is 0 Å². The van der Waals surface area contributed by atoms with E-state index < -0.39 is 47.7 Å². The molecule has 2 rings (SSSR count). The summed E-state index contributed by atoms with van der Waals surface area (Å²) in [5, 5.41) is 20.1. The molecule has 2 heterocycles. The third-order valence-electron chi connectivity index (χ3n) is 8.82. The number of rotatable bonds is 24. The fraction of sp³-hybridized carbons (Fsp3) is 0.806. The van der Waals surface area contributed by atoms with E-state index in [1.54, 1.807) is 13.8 Å². The smallest absolute Gasteiger partial charge is 0.333 e. The molecule has 16 heteroatoms. The van der Waals surface area contributed by atoms with Gasteiger partial charge in [0.25, 0.3) is 23.6 Å². The molecule has 16 nitrogen and oxygen atoms in total. The molecule has 2 saturated heterocycles. The highest BCUT2D eigenvalue weighted by molar-refractivity contribution is 6.02. The van der Waals surface area contributed by atoms with Gasteiger partial charge >= 0.3 is 11.9 Å². The topological polar surface area (TPSA) is 208 Å². The van der Waals surface area contributed by atoms with Crippen molar-refractivity contribution in [2.24, 2.45) is 5.41 Å². The lowest BCUT2D eigenvalue weighted by Crippen LogP contribution is -2.32. The standard InChI is InChI=1S/C31H50N4O12/c1-23(32(44)19-3-7-29(42)46-34-25(38)9-10-26(34)39)13-17-31(15-5-21-36,16-6-22-37)18-14-24(2)33(45)20-4-8-30(43)47-35-27(40)11-12-28(35)41/h23-24,36-37H,3-22H2,1-2H3/q+2. The number of nitroso groups, excluding NO2 is 2. The van der Waals surface area contributed by atoms with Gasteiger partial charge in [-0.05, 0) is 43.9 Å². The number of hydrogen-bond acceptors (Lipinski definition) is 12. The average Bonchev–Trinajstić information content (AvgIpc) is 3.53. The number of imide groups is 2. The Morgan fingerprint density at radius 2 is 1.00 bits per heavy atom. The van der Waals surface area contributed by atoms with Crippen LogP contribution in [-0.2, 0) is 38.4 Å². The van der Waals surface area contributed by atoms with Crippen molar-refractivity contribution in [3.8, 4) is 0 Å². The average molecular weight is 671 g/mol. The van der Waals surface area contributed by atoms with E-state index in [4.69, 9.17) is 9.68 Å². The lowest BCUT2D eigenvalue weighted by Gasteiger charge is -2.34. The van der Waals surface area contributed by atoms with Gasteiger partial charge in [0.1, 0.15) is 0 Å². The molecule has 0 aromatic carbocycles. The molecule has 2 N–H and O–H groups in total. The van der Waals surface area contributed by atoms with Gasteiger partial charge in [0.2, 0.25) is 0 Å². The van der Waals surface area contributed by atoms with Gasteiger partial charge in [-0.25, -0.2) is 9.59 Å². The molecule has 264 valence electrons. The van der Waals surface area contributed by atoms with Crippen molar-refractivity contribution >= 4 is 35.6 Å². The van der Waals surface area contributed by atoms with Crippen LogP contribution in [0.25, 0.3) is 0 Å². The second-order valence-electron chi connectivity index (χ2n) is 12.5. The quantitative estimate of drug-likeness (QED) is 0.112. The van der Waals surface area contributed by atoms with Gasteiger partial charge in [0, 0.05) is 97.8 Å². The number of amides is 4. The number of hydrogen-bond donors (Lipinski definition) is 2. The molecule has 0 bridgehead atoms. The van der Waals surface area contributed by atoms with Crippen LogP contribution in [0.2, 0.25) is 0 Å². The number of aliphatic hydroxyl groups is 2. The Morgan fingerprint density at radius 3 is 1.32 bits per heavy atom. The Hall–Kier alpha value is -3.66. The van der Waals surface area contributed by atoms with Crippen LogP contribution in [0.3, 0.4) is 0 Å². The van der Waals surface area contributed by atoms with E-state index in [-0.39, 0.29) is 83.1 Å². The fourth-order valence-corrected chi connectivity index (χ4v) is 5.79. The molecule has 0 saturated carbocycles. The highest BCUT2D eigenvalue weighted by Gasteiger charge is 2.36. The monoisotopic (exact) mass is 670 g/mol. The van der Waals surface area contributed by atoms with Crippen molar-refractivity contribution in [1.29, 1.82) is 0 Å². The highest BCUT2D eigenvalue weighted by Crippen LogP contribution is 2.41. The molecule has 2 unspecified atom stereocenters. The second-order valence-corrected chi connectivity index (χ2v) is 12.5. The van der Waals surface area contributed by atoms with Crippen molar-refractivity contribution in [2.45, 2.75) is 129 Å². The first-order valence-electron chi connectivity index (χ1n) is 16.5. The van der Waals surface area contributed by atoms with Crippen molar-refractivity contribution in [2.75, 3.05) is 26.3 Å². The molecule has 0 spiro atoms. The molecule has 0 radical (unpaired) electrons. The molecule has 47 heavy (non-hydrogen) atoms. The minimum atomic E-state index is -0.766. The summed E-state index contributed by atoms with van der Waals surface area (Å²) < 4.78 is 1.76. The van der Waals surface area contributed by atoms with Crippen molar-refractivity contribution in [3.05, 3.63) is 9.81 Å². The third-order valence-corrected chi connectivity index (χ3v) is 8.82. The summed E-state index contributed by atoms with van der Waals surface area (Å²) in [7, 11) is 0. The number of carbonyl (C=O) groups is 6. The van der Waals surface area contributed by atoms with Crippen molar-refractivity contribution < 1.29 is 58.2 Å². The molecule has 0 aromatic heterocycles. The van der Waals surface area contributed by atoms with Crippen LogP contribution in [-0.4, -0.2) is 104 Å². The summed E-state index contributed by atoms with van der Waals surface area (Å²) in [4.78, 5) is 106. The van der Waals surface area contributed by atoms with E-state index in [1.807, 2.05) is 0 Å². The Bertz CT molecular complexity index is 1040. The summed E-state index contributed by atoms with van der Waals surface area (Å²) in [5.41, 5.74) is -0.340. The Balaban J connectivity index is 1.84. The van der Waals surface area contributed by atoms with Crippen molar-refractivity contribution in [3.63, 3.8) is 0 Å². The number of nitrogens with zero attached hydrogens (tertiary/aromatic N) is 4. The number of carbonyl (C=O) groups excluding carboxylic acids is 6. The molecule has 0 aromatic rings. The third kappa shape index (κ3) is 13.2. The maximum Gasteiger partial charge on any atom is 0.333 e. The lowest BCUT2D eigenvalue weighted by atomic mass is 9.71. The first-order valence-corrected chi connectivity index (χ1v) is 16.5. The SMILES string of the molecule is CC(CCC(CCCO)(CCCO)CCC(C)[N+](=O)CCCC(=O)ON1C(=O)CCC1=O)[N+](=O)CCCC(=O)ON1C(=O)CCC1=O. The normalized spacial score (nSPS) is 16.5. The van der Waals surface area contributed by atoms with Gasteiger partial charge < -0.3 is 19.9 Å². The Kier molecular flexibility index (Phi) is 16.7. The summed E-state index contributed by atoms with van der Waals surface area (Å²) in [5.74, 6) is -3.81. The lowest BCUT2D eigenvalue weighted by molar-refractivity contribution is -0.584. The van der Waals surface area contributed by atoms with Crippen LogP contribution in [0, 0.1) is 15.2 Å². The molecule has 2 fully saturated rings. The van der Waals surface area contributed by atoms with E-state index in [1.165, 1.54) is 0 Å². The van der Waals surface area contributed by atoms with E-state index >= 15 is 0 Å². The molecular formula is C31H50N4O12+2. The van der Waals surface area contributed by atoms with Crippen LogP contribution in [0.1, 0.15) is 117 Å². The van der Waals surface area contributed by atoms with Gasteiger partial charge in [-0.3, -0.25) is 19.2 Å². The molecule has 2 atom stereocenters. The largest absolute Gasteiger partial charge is 0.396 e. The first-order chi connectivity index (χ1) is 22.3. The van der Waals surface area contributed by atoms with Gasteiger partial charge in [-0.15, -0.1) is 10.1 Å². The summed E-state index contributed by atoms with van der Waals surface area (Å²) in [6, 6.07) is -0.815. The molecular weight excluding hydrogens is 620 g/mol. The minimum absolute atomic E-state index is 0.00313. The minimum Gasteiger partial charge on any atom is -0.396 e. The Morgan fingerprint density at radius 1 is 0.660 bits per heavy atom. The fourth-order valence-electron chi connectivity index (χ4n) is 5.79. The molecule has 0 aliphatic carbocycles. The van der Waals surface area contributed by atoms with E-state index in [2.05, 4.69) is 0 Å². The van der Waals surface area contributed by atoms with E-state index in [0.717, 1.165) is 9.52 Å². The van der Waals surface area contributed by atoms with Gasteiger partial charge in [0.15, 0.2) is 25.2 Å². The Labute approximate surface area is 274 Å². The van der Waals surface area contributed by atoms with E-state index in [0.29, 0.717) is 61.5 Å². The van der Waals surface area contributed by atoms with E-state index in [9.17, 15) is 48.8 Å². The predicted molar refractivity (Wildman–Crippen MR) is 162 cm³/mol. The molecule has 2 aliphatic heterocycles. The summed E-state index contributed by atoms with van der Waals surface area (Å²) >= 11 is 0. The van der Waals surface area contributed by atoms with Gasteiger partial charge in [-0.2, -0.15) is 0 Å². The first kappa shape index (κ1) is 39.5. The van der Waals surface area contributed by atoms with Crippen LogP contribution in [0.4, 0.5) is 0 Å². The zero-order valence-electron chi connectivity index (χ0n) is 27.6. The zero-order chi connectivity index (χ0) is 35.0. The van der Waals surface area contributed by atoms with Crippen LogP contribution >= 0.6 is 0 Å². The summed E-state index contributed by atoms with van der Waals surface area (Å²) in [6.45, 7) is 3.58. The predicted octanol–water partition coefficient (Wildman–Crippen LogP) is 2.19. The maximum absolute atomic E-state index is 12.8. The number of hydroxylamine groups is 4. The zero-order valence-corrected chi connectivity index (χ0v) is 27.6. The van der Waals surface area contributed by atoms with Gasteiger partial charge in [0.05, 0.1) is 12.8 Å². The maximum atomic E-state index is 12.8. The molecule has 4 amide bonds. The van der Waals surface area contributed by atoms with Gasteiger partial charge in [-0.1, -0.05) is 0 Å². The van der Waals surface area contributed by atoms with Crippen LogP contribution < -0.4 is 0 Å². The van der Waals surface area contributed by atoms with Crippen molar-refractivity contribution in [1.82, 2.24) is 10.1 Å². The van der Waals surface area contributed by atoms with Crippen LogP contribution in [0.15, 0.2) is 0 Å². The molecule has 2 aliphatic rings. The number of aliphatic hydroxyl groups excluding tert-OH is 2.